The Bertz CT molecular complexity index is 1520. The number of para-hydroxylation sites is 1. The number of methoxy groups -OCH3 is 4. The summed E-state index contributed by atoms with van der Waals surface area (Å²) in [6.45, 7) is 5.63. The zero-order chi connectivity index (χ0) is 30.4. The summed E-state index contributed by atoms with van der Waals surface area (Å²) in [5, 5.41) is 11.4. The maximum Gasteiger partial charge on any atom is 0.247 e. The van der Waals surface area contributed by atoms with Crippen molar-refractivity contribution in [2.75, 3.05) is 28.4 Å². The highest BCUT2D eigenvalue weighted by Crippen LogP contribution is 2.41. The van der Waals surface area contributed by atoms with Crippen molar-refractivity contribution in [3.05, 3.63) is 71.8 Å². The molecule has 3 aromatic carbocycles. The topological polar surface area (TPSA) is 117 Å². The molecular weight excluding hydrogens is 538 g/mol. The van der Waals surface area contributed by atoms with Crippen LogP contribution in [0.25, 0.3) is 11.0 Å². The predicted molar refractivity (Wildman–Crippen MR) is 158 cm³/mol. The third kappa shape index (κ3) is 6.73. The van der Waals surface area contributed by atoms with Gasteiger partial charge in [0.05, 0.1) is 34.0 Å². The molecule has 1 heterocycles. The van der Waals surface area contributed by atoms with E-state index in [1.54, 1.807) is 19.2 Å². The van der Waals surface area contributed by atoms with Crippen LogP contribution in [-0.4, -0.2) is 65.7 Å². The van der Waals surface area contributed by atoms with E-state index in [0.717, 1.165) is 5.56 Å². The number of nitrogens with zero attached hydrogens (tertiary/aromatic N) is 4. The second-order valence-corrected chi connectivity index (χ2v) is 10.7. The largest absolute Gasteiger partial charge is 0.497 e. The minimum absolute atomic E-state index is 0.119. The Balaban J connectivity index is 1.86. The standard InChI is InChI=1S/C31H37N5O6/c1-31(2,3)32-30(38)28(21-16-25(40-5)29(42-7)26(17-21)41-6)35(18-20-12-14-22(39-4)15-13-20)27(37)19-36-24-11-9-8-10-23(24)33-34-36/h8-17,28H,18-19H2,1-7H3,(H,32,38). The first-order chi connectivity index (χ1) is 20.1. The molecule has 1 atom stereocenters. The summed E-state index contributed by atoms with van der Waals surface area (Å²) in [6.07, 6.45) is 0. The van der Waals surface area contributed by atoms with Crippen molar-refractivity contribution < 1.29 is 28.5 Å². The number of aromatic nitrogens is 3. The molecule has 222 valence electrons. The number of benzene rings is 3. The minimum atomic E-state index is -1.07. The number of rotatable bonds is 11. The average Bonchev–Trinajstić information content (AvgIpc) is 3.38. The summed E-state index contributed by atoms with van der Waals surface area (Å²) in [5.74, 6) is 1.06. The SMILES string of the molecule is COc1ccc(CN(C(=O)Cn2nnc3ccccc32)C(C(=O)NC(C)(C)C)c2cc(OC)c(OC)c(OC)c2)cc1. The van der Waals surface area contributed by atoms with E-state index in [9.17, 15) is 9.59 Å². The fourth-order valence-corrected chi connectivity index (χ4v) is 4.67. The van der Waals surface area contributed by atoms with E-state index in [0.29, 0.717) is 39.6 Å². The molecule has 0 saturated heterocycles. The second kappa shape index (κ2) is 12.8. The van der Waals surface area contributed by atoms with Gasteiger partial charge in [-0.05, 0) is 68.3 Å². The molecule has 4 aromatic rings. The molecule has 11 heteroatoms. The molecule has 0 aliphatic carbocycles. The monoisotopic (exact) mass is 575 g/mol. The summed E-state index contributed by atoms with van der Waals surface area (Å²) in [4.78, 5) is 29.9. The molecule has 0 bridgehead atoms. The summed E-state index contributed by atoms with van der Waals surface area (Å²) in [6, 6.07) is 17.0. The van der Waals surface area contributed by atoms with Crippen LogP contribution < -0.4 is 24.3 Å². The number of hydrogen-bond donors (Lipinski definition) is 1. The average molecular weight is 576 g/mol. The molecule has 1 N–H and O–H groups in total. The normalized spacial score (nSPS) is 12.0. The first-order valence-electron chi connectivity index (χ1n) is 13.4. The zero-order valence-electron chi connectivity index (χ0n) is 25.0. The first-order valence-corrected chi connectivity index (χ1v) is 13.4. The Morgan fingerprint density at radius 2 is 1.55 bits per heavy atom. The minimum Gasteiger partial charge on any atom is -0.497 e. The van der Waals surface area contributed by atoms with Crippen LogP contribution in [0, 0.1) is 0 Å². The van der Waals surface area contributed by atoms with Crippen LogP contribution in [0.3, 0.4) is 0 Å². The fraction of sp³-hybridized carbons (Fsp3) is 0.355. The van der Waals surface area contributed by atoms with E-state index in [4.69, 9.17) is 18.9 Å². The molecule has 0 radical (unpaired) electrons. The van der Waals surface area contributed by atoms with Gasteiger partial charge in [0.25, 0.3) is 0 Å². The smallest absolute Gasteiger partial charge is 0.247 e. The number of carbonyl (C=O) groups is 2. The van der Waals surface area contributed by atoms with Crippen LogP contribution in [-0.2, 0) is 22.7 Å². The van der Waals surface area contributed by atoms with E-state index in [2.05, 4.69) is 15.6 Å². The highest BCUT2D eigenvalue weighted by atomic mass is 16.5. The van der Waals surface area contributed by atoms with Gasteiger partial charge >= 0.3 is 0 Å². The van der Waals surface area contributed by atoms with Crippen molar-refractivity contribution in [2.24, 2.45) is 0 Å². The summed E-state index contributed by atoms with van der Waals surface area (Å²) >= 11 is 0. The van der Waals surface area contributed by atoms with Crippen molar-refractivity contribution >= 4 is 22.8 Å². The van der Waals surface area contributed by atoms with Crippen molar-refractivity contribution in [3.63, 3.8) is 0 Å². The number of hydrogen-bond acceptors (Lipinski definition) is 8. The zero-order valence-corrected chi connectivity index (χ0v) is 25.0. The van der Waals surface area contributed by atoms with Crippen molar-refractivity contribution in [1.29, 1.82) is 0 Å². The van der Waals surface area contributed by atoms with Crippen LogP contribution in [0.5, 0.6) is 23.0 Å². The van der Waals surface area contributed by atoms with E-state index in [-0.39, 0.29) is 24.9 Å². The lowest BCUT2D eigenvalue weighted by Gasteiger charge is -2.34. The van der Waals surface area contributed by atoms with Gasteiger partial charge in [-0.2, -0.15) is 0 Å². The number of nitrogens with one attached hydrogen (secondary N) is 1. The van der Waals surface area contributed by atoms with Gasteiger partial charge in [-0.1, -0.05) is 29.5 Å². The van der Waals surface area contributed by atoms with Crippen molar-refractivity contribution in [3.8, 4) is 23.0 Å². The molecule has 0 saturated carbocycles. The van der Waals surface area contributed by atoms with Crippen molar-refractivity contribution in [2.45, 2.75) is 45.4 Å². The lowest BCUT2D eigenvalue weighted by Crippen LogP contribution is -2.49. The molecular formula is C31H37N5O6. The highest BCUT2D eigenvalue weighted by molar-refractivity contribution is 5.90. The maximum atomic E-state index is 14.2. The van der Waals surface area contributed by atoms with E-state index >= 15 is 0 Å². The predicted octanol–water partition coefficient (Wildman–Crippen LogP) is 4.15. The lowest BCUT2D eigenvalue weighted by molar-refractivity contribution is -0.142. The Hall–Kier alpha value is -4.80. The molecule has 0 fully saturated rings. The third-order valence-corrected chi connectivity index (χ3v) is 6.60. The Morgan fingerprint density at radius 3 is 2.12 bits per heavy atom. The Kier molecular flexibility index (Phi) is 9.19. The number of amides is 2. The number of ether oxygens (including phenoxy) is 4. The van der Waals surface area contributed by atoms with Crippen LogP contribution in [0.1, 0.15) is 37.9 Å². The van der Waals surface area contributed by atoms with Gasteiger partial charge in [-0.3, -0.25) is 9.59 Å². The van der Waals surface area contributed by atoms with E-state index in [1.807, 2.05) is 69.3 Å². The molecule has 4 rings (SSSR count). The van der Waals surface area contributed by atoms with E-state index < -0.39 is 11.6 Å². The highest BCUT2D eigenvalue weighted by Gasteiger charge is 2.35. The summed E-state index contributed by atoms with van der Waals surface area (Å²) in [5.41, 5.74) is 2.08. The van der Waals surface area contributed by atoms with Gasteiger partial charge in [0.1, 0.15) is 23.9 Å². The van der Waals surface area contributed by atoms with E-state index in [1.165, 1.54) is 30.9 Å². The van der Waals surface area contributed by atoms with Crippen LogP contribution >= 0.6 is 0 Å². The van der Waals surface area contributed by atoms with Crippen LogP contribution in [0.4, 0.5) is 0 Å². The van der Waals surface area contributed by atoms with Gasteiger partial charge in [0.15, 0.2) is 11.5 Å². The Labute approximate surface area is 245 Å². The second-order valence-electron chi connectivity index (χ2n) is 10.7. The van der Waals surface area contributed by atoms with Gasteiger partial charge < -0.3 is 29.2 Å². The molecule has 0 spiro atoms. The van der Waals surface area contributed by atoms with Crippen LogP contribution in [0.15, 0.2) is 60.7 Å². The molecule has 1 unspecified atom stereocenters. The van der Waals surface area contributed by atoms with Gasteiger partial charge in [0.2, 0.25) is 17.6 Å². The first kappa shape index (κ1) is 30.2. The number of fused-ring (bicyclic) bond motifs is 1. The Morgan fingerprint density at radius 1 is 0.905 bits per heavy atom. The van der Waals surface area contributed by atoms with Gasteiger partial charge in [-0.25, -0.2) is 4.68 Å². The van der Waals surface area contributed by atoms with Gasteiger partial charge in [0, 0.05) is 12.1 Å². The lowest BCUT2D eigenvalue weighted by atomic mass is 9.99. The molecule has 2 amide bonds. The van der Waals surface area contributed by atoms with Gasteiger partial charge in [-0.15, -0.1) is 5.10 Å². The molecule has 42 heavy (non-hydrogen) atoms. The third-order valence-electron chi connectivity index (χ3n) is 6.60. The van der Waals surface area contributed by atoms with Crippen LogP contribution in [0.2, 0.25) is 0 Å². The molecule has 0 aliphatic heterocycles. The van der Waals surface area contributed by atoms with Crippen molar-refractivity contribution in [1.82, 2.24) is 25.2 Å². The summed E-state index contributed by atoms with van der Waals surface area (Å²) < 4.78 is 23.5. The maximum absolute atomic E-state index is 14.2. The summed E-state index contributed by atoms with van der Waals surface area (Å²) in [7, 11) is 6.10. The molecule has 1 aromatic heterocycles. The number of carbonyl (C=O) groups excluding carboxylic acids is 2. The fourth-order valence-electron chi connectivity index (χ4n) is 4.67. The molecule has 11 nitrogen and oxygen atoms in total. The molecule has 0 aliphatic rings. The quantitative estimate of drug-likeness (QED) is 0.284.